The molecule has 3 aromatic rings. The summed E-state index contributed by atoms with van der Waals surface area (Å²) in [5, 5.41) is 7.55. The first-order chi connectivity index (χ1) is 14.8. The van der Waals surface area contributed by atoms with Crippen LogP contribution in [0.25, 0.3) is 11.3 Å². The van der Waals surface area contributed by atoms with Gasteiger partial charge in [0, 0.05) is 17.2 Å². The molecule has 1 fully saturated rings. The molecule has 1 amide bonds. The maximum absolute atomic E-state index is 12.9. The number of ether oxygens (including phenoxy) is 1. The zero-order valence-electron chi connectivity index (χ0n) is 17.5. The summed E-state index contributed by atoms with van der Waals surface area (Å²) in [5.41, 5.74) is 2.05. The molecular formula is C23H25N3O4S. The van der Waals surface area contributed by atoms with Crippen LogP contribution in [0, 0.1) is 0 Å². The number of carbonyl (C=O) groups is 1. The molecule has 1 atom stereocenters. The number of hydrogen-bond donors (Lipinski definition) is 1. The molecule has 0 saturated carbocycles. The number of benzene rings is 2. The summed E-state index contributed by atoms with van der Waals surface area (Å²) in [6, 6.07) is 18.0. The van der Waals surface area contributed by atoms with E-state index in [4.69, 9.17) is 4.74 Å². The Morgan fingerprint density at radius 1 is 1.13 bits per heavy atom. The van der Waals surface area contributed by atoms with Gasteiger partial charge in [-0.15, -0.1) is 0 Å². The number of sulfone groups is 1. The van der Waals surface area contributed by atoms with Gasteiger partial charge in [0.25, 0.3) is 5.91 Å². The number of rotatable bonds is 6. The van der Waals surface area contributed by atoms with Crippen LogP contribution in [0.4, 0.5) is 5.82 Å². The molecule has 1 saturated heterocycles. The molecule has 2 aromatic carbocycles. The number of carbonyl (C=O) groups excluding carboxylic acids is 1. The first kappa shape index (κ1) is 21.1. The van der Waals surface area contributed by atoms with E-state index in [9.17, 15) is 13.2 Å². The fourth-order valence-corrected chi connectivity index (χ4v) is 5.32. The van der Waals surface area contributed by atoms with Gasteiger partial charge in [0.2, 0.25) is 0 Å². The van der Waals surface area contributed by atoms with E-state index in [0.29, 0.717) is 29.2 Å². The van der Waals surface area contributed by atoms with Crippen LogP contribution in [0.1, 0.15) is 36.7 Å². The van der Waals surface area contributed by atoms with Crippen molar-refractivity contribution in [3.63, 3.8) is 0 Å². The maximum atomic E-state index is 12.9. The van der Waals surface area contributed by atoms with Crippen LogP contribution < -0.4 is 10.1 Å². The minimum absolute atomic E-state index is 0.0209. The monoisotopic (exact) mass is 439 g/mol. The van der Waals surface area contributed by atoms with E-state index in [1.807, 2.05) is 44.2 Å². The number of amides is 1. The summed E-state index contributed by atoms with van der Waals surface area (Å²) in [6.07, 6.45) is 0.524. The minimum atomic E-state index is -3.10. The second-order valence-electron chi connectivity index (χ2n) is 7.93. The molecule has 0 unspecified atom stereocenters. The summed E-state index contributed by atoms with van der Waals surface area (Å²) < 4.78 is 31.3. The molecular weight excluding hydrogens is 414 g/mol. The third-order valence-electron chi connectivity index (χ3n) is 5.09. The largest absolute Gasteiger partial charge is 0.491 e. The van der Waals surface area contributed by atoms with Crippen LogP contribution >= 0.6 is 0 Å². The Hall–Kier alpha value is -3.13. The highest BCUT2D eigenvalue weighted by molar-refractivity contribution is 7.91. The second-order valence-corrected chi connectivity index (χ2v) is 10.2. The zero-order valence-corrected chi connectivity index (χ0v) is 18.3. The van der Waals surface area contributed by atoms with Gasteiger partial charge in [-0.1, -0.05) is 30.3 Å². The lowest BCUT2D eigenvalue weighted by atomic mass is 10.1. The lowest BCUT2D eigenvalue weighted by molar-refractivity contribution is 0.102. The standard InChI is InChI=1S/C23H25N3O4S/c1-16(2)30-20-10-8-18(9-11-20)23(27)24-22-14-21(17-6-4-3-5-7-17)25-26(22)19-12-13-31(28,29)15-19/h3-11,14,16,19H,12-13,15H2,1-2H3,(H,24,27)/t19-/m1/s1. The van der Waals surface area contributed by atoms with E-state index < -0.39 is 9.84 Å². The highest BCUT2D eigenvalue weighted by Gasteiger charge is 2.31. The molecule has 1 aliphatic heterocycles. The quantitative estimate of drug-likeness (QED) is 0.628. The fraction of sp³-hybridized carbons (Fsp3) is 0.304. The molecule has 8 heteroatoms. The van der Waals surface area contributed by atoms with Crippen molar-refractivity contribution in [2.24, 2.45) is 0 Å². The van der Waals surface area contributed by atoms with E-state index >= 15 is 0 Å². The predicted octanol–water partition coefficient (Wildman–Crippen LogP) is 3.95. The van der Waals surface area contributed by atoms with Gasteiger partial charge in [-0.2, -0.15) is 5.10 Å². The second kappa shape index (κ2) is 8.55. The van der Waals surface area contributed by atoms with Crippen LogP contribution in [0.3, 0.4) is 0 Å². The Morgan fingerprint density at radius 3 is 2.45 bits per heavy atom. The minimum Gasteiger partial charge on any atom is -0.491 e. The van der Waals surface area contributed by atoms with Crippen LogP contribution in [-0.2, 0) is 9.84 Å². The molecule has 7 nitrogen and oxygen atoms in total. The first-order valence-electron chi connectivity index (χ1n) is 10.2. The number of aromatic nitrogens is 2. The van der Waals surface area contributed by atoms with Crippen LogP contribution in [-0.4, -0.2) is 41.7 Å². The number of nitrogens with zero attached hydrogens (tertiary/aromatic N) is 2. The zero-order chi connectivity index (χ0) is 22.0. The average Bonchev–Trinajstić information content (AvgIpc) is 3.31. The SMILES string of the molecule is CC(C)Oc1ccc(C(=O)Nc2cc(-c3ccccc3)nn2[C@@H]2CCS(=O)(=O)C2)cc1. The molecule has 0 spiro atoms. The normalized spacial score (nSPS) is 17.6. The van der Waals surface area contributed by atoms with Crippen LogP contribution in [0.15, 0.2) is 60.7 Å². The summed E-state index contributed by atoms with van der Waals surface area (Å²) in [7, 11) is -3.10. The highest BCUT2D eigenvalue weighted by Crippen LogP contribution is 2.30. The molecule has 1 N–H and O–H groups in total. The van der Waals surface area contributed by atoms with Crippen LogP contribution in [0.5, 0.6) is 5.75 Å². The molecule has 31 heavy (non-hydrogen) atoms. The van der Waals surface area contributed by atoms with Gasteiger partial charge in [-0.3, -0.25) is 4.79 Å². The number of hydrogen-bond acceptors (Lipinski definition) is 5. The van der Waals surface area contributed by atoms with Gasteiger partial charge in [0.15, 0.2) is 9.84 Å². The van der Waals surface area contributed by atoms with Crippen molar-refractivity contribution in [1.29, 1.82) is 0 Å². The van der Waals surface area contributed by atoms with E-state index in [1.165, 1.54) is 0 Å². The van der Waals surface area contributed by atoms with Gasteiger partial charge < -0.3 is 10.1 Å². The summed E-state index contributed by atoms with van der Waals surface area (Å²) in [6.45, 7) is 3.88. The summed E-state index contributed by atoms with van der Waals surface area (Å²) in [5.74, 6) is 1.03. The molecule has 0 radical (unpaired) electrons. The highest BCUT2D eigenvalue weighted by atomic mass is 32.2. The lowest BCUT2D eigenvalue weighted by Gasteiger charge is -2.14. The molecule has 2 heterocycles. The molecule has 0 bridgehead atoms. The smallest absolute Gasteiger partial charge is 0.256 e. The van der Waals surface area contributed by atoms with Crippen LogP contribution in [0.2, 0.25) is 0 Å². The molecule has 162 valence electrons. The van der Waals surface area contributed by atoms with Crippen molar-refractivity contribution in [1.82, 2.24) is 9.78 Å². The van der Waals surface area contributed by atoms with Crippen molar-refractivity contribution in [3.05, 3.63) is 66.2 Å². The summed E-state index contributed by atoms with van der Waals surface area (Å²) >= 11 is 0. The Balaban J connectivity index is 1.61. The number of anilines is 1. The van der Waals surface area contributed by atoms with Crippen molar-refractivity contribution in [3.8, 4) is 17.0 Å². The Kier molecular flexibility index (Phi) is 5.82. The van der Waals surface area contributed by atoms with E-state index in [0.717, 1.165) is 5.56 Å². The predicted molar refractivity (Wildman–Crippen MR) is 120 cm³/mol. The summed E-state index contributed by atoms with van der Waals surface area (Å²) in [4.78, 5) is 12.9. The van der Waals surface area contributed by atoms with Gasteiger partial charge in [-0.05, 0) is 44.5 Å². The topological polar surface area (TPSA) is 90.3 Å². The van der Waals surface area contributed by atoms with Gasteiger partial charge in [-0.25, -0.2) is 13.1 Å². The molecule has 4 rings (SSSR count). The van der Waals surface area contributed by atoms with Crippen molar-refractivity contribution in [2.45, 2.75) is 32.4 Å². The molecule has 1 aliphatic rings. The van der Waals surface area contributed by atoms with E-state index in [1.54, 1.807) is 35.0 Å². The van der Waals surface area contributed by atoms with Gasteiger partial charge >= 0.3 is 0 Å². The average molecular weight is 440 g/mol. The fourth-order valence-electron chi connectivity index (χ4n) is 3.63. The van der Waals surface area contributed by atoms with Crippen molar-refractivity contribution < 1.29 is 17.9 Å². The number of nitrogens with one attached hydrogen (secondary N) is 1. The Bertz CT molecular complexity index is 1170. The molecule has 0 aliphatic carbocycles. The third-order valence-corrected chi connectivity index (χ3v) is 6.84. The van der Waals surface area contributed by atoms with Crippen molar-refractivity contribution >= 4 is 21.6 Å². The van der Waals surface area contributed by atoms with E-state index in [2.05, 4.69) is 10.4 Å². The van der Waals surface area contributed by atoms with E-state index in [-0.39, 0.29) is 29.6 Å². The van der Waals surface area contributed by atoms with Gasteiger partial charge in [0.1, 0.15) is 11.6 Å². The van der Waals surface area contributed by atoms with Gasteiger partial charge in [0.05, 0.1) is 29.3 Å². The lowest BCUT2D eigenvalue weighted by Crippen LogP contribution is -2.19. The first-order valence-corrected chi connectivity index (χ1v) is 12.1. The third kappa shape index (κ3) is 4.96. The maximum Gasteiger partial charge on any atom is 0.256 e. The molecule has 1 aromatic heterocycles. The Morgan fingerprint density at radius 2 is 1.84 bits per heavy atom. The van der Waals surface area contributed by atoms with Crippen molar-refractivity contribution in [2.75, 3.05) is 16.8 Å². The Labute approximate surface area is 182 Å².